The van der Waals surface area contributed by atoms with Crippen LogP contribution in [0.5, 0.6) is 0 Å². The fraction of sp³-hybridized carbons (Fsp3) is 0.231. The molecule has 0 aliphatic heterocycles. The van der Waals surface area contributed by atoms with Crippen LogP contribution < -0.4 is 0 Å². The van der Waals surface area contributed by atoms with Gasteiger partial charge in [-0.15, -0.1) is 11.6 Å². The quantitative estimate of drug-likeness (QED) is 0.720. The van der Waals surface area contributed by atoms with Gasteiger partial charge < -0.3 is 4.42 Å². The molecule has 2 aromatic rings. The van der Waals surface area contributed by atoms with Gasteiger partial charge in [0.25, 0.3) is 0 Å². The van der Waals surface area contributed by atoms with Crippen LogP contribution in [-0.2, 0) is 6.42 Å². The van der Waals surface area contributed by atoms with Crippen LogP contribution in [0.1, 0.15) is 22.3 Å². The highest BCUT2D eigenvalue weighted by atomic mass is 35.5. The molecule has 0 radical (unpaired) electrons. The van der Waals surface area contributed by atoms with Gasteiger partial charge in [-0.3, -0.25) is 0 Å². The van der Waals surface area contributed by atoms with Gasteiger partial charge in [0.15, 0.2) is 0 Å². The summed E-state index contributed by atoms with van der Waals surface area (Å²) < 4.78 is 5.36. The largest absolute Gasteiger partial charge is 0.467 e. The molecule has 16 heavy (non-hydrogen) atoms. The number of benzene rings is 1. The summed E-state index contributed by atoms with van der Waals surface area (Å²) in [6.45, 7) is 1.99. The third-order valence-corrected chi connectivity index (χ3v) is 3.08. The van der Waals surface area contributed by atoms with Crippen molar-refractivity contribution < 1.29 is 4.42 Å². The second-order valence-electron chi connectivity index (χ2n) is 3.77. The van der Waals surface area contributed by atoms with Gasteiger partial charge in [0.05, 0.1) is 11.6 Å². The average Bonchev–Trinajstić information content (AvgIpc) is 2.64. The molecule has 0 aliphatic carbocycles. The predicted octanol–water partition coefficient (Wildman–Crippen LogP) is 4.76. The van der Waals surface area contributed by atoms with E-state index in [0.29, 0.717) is 0 Å². The van der Waals surface area contributed by atoms with Gasteiger partial charge in [0.2, 0.25) is 0 Å². The molecule has 84 valence electrons. The number of halogens is 2. The number of alkyl halides is 1. The van der Waals surface area contributed by atoms with Crippen LogP contribution in [0.4, 0.5) is 0 Å². The summed E-state index contributed by atoms with van der Waals surface area (Å²) in [5.41, 5.74) is 2.20. The van der Waals surface area contributed by atoms with E-state index >= 15 is 0 Å². The molecule has 1 atom stereocenters. The number of furan rings is 1. The maximum Gasteiger partial charge on any atom is 0.124 e. The molecular formula is C13H12Cl2O. The minimum absolute atomic E-state index is 0.145. The van der Waals surface area contributed by atoms with Crippen molar-refractivity contribution in [3.05, 3.63) is 58.5 Å². The molecule has 0 bridgehead atoms. The minimum Gasteiger partial charge on any atom is -0.467 e. The number of rotatable bonds is 3. The molecule has 1 heterocycles. The molecule has 0 spiro atoms. The van der Waals surface area contributed by atoms with Crippen molar-refractivity contribution >= 4 is 23.2 Å². The zero-order chi connectivity index (χ0) is 11.5. The zero-order valence-electron chi connectivity index (χ0n) is 8.91. The van der Waals surface area contributed by atoms with E-state index in [0.717, 1.165) is 28.3 Å². The first kappa shape index (κ1) is 11.6. The Kier molecular flexibility index (Phi) is 3.57. The Hall–Kier alpha value is -0.920. The van der Waals surface area contributed by atoms with Crippen LogP contribution in [0.25, 0.3) is 0 Å². The summed E-state index contributed by atoms with van der Waals surface area (Å²) in [6.07, 6.45) is 2.38. The Balaban J connectivity index is 2.14. The number of hydrogen-bond acceptors (Lipinski definition) is 1. The first-order valence-electron chi connectivity index (χ1n) is 5.09. The maximum atomic E-state index is 6.30. The summed E-state index contributed by atoms with van der Waals surface area (Å²) in [5, 5.41) is 0.589. The Morgan fingerprint density at radius 1 is 1.31 bits per heavy atom. The average molecular weight is 255 g/mol. The fourth-order valence-corrected chi connectivity index (χ4v) is 2.28. The smallest absolute Gasteiger partial charge is 0.124 e. The monoisotopic (exact) mass is 254 g/mol. The van der Waals surface area contributed by atoms with Crippen molar-refractivity contribution in [2.75, 3.05) is 0 Å². The van der Waals surface area contributed by atoms with Crippen LogP contribution in [0.3, 0.4) is 0 Å². The Labute approximate surface area is 105 Å². The Bertz CT molecular complexity index is 476. The van der Waals surface area contributed by atoms with E-state index in [1.807, 2.05) is 37.3 Å². The van der Waals surface area contributed by atoms with E-state index in [1.165, 1.54) is 0 Å². The van der Waals surface area contributed by atoms with Crippen LogP contribution in [-0.4, -0.2) is 0 Å². The lowest BCUT2D eigenvalue weighted by molar-refractivity contribution is 0.499. The highest BCUT2D eigenvalue weighted by molar-refractivity contribution is 6.30. The van der Waals surface area contributed by atoms with E-state index < -0.39 is 0 Å². The normalized spacial score (nSPS) is 12.7. The highest BCUT2D eigenvalue weighted by Gasteiger charge is 2.14. The lowest BCUT2D eigenvalue weighted by Crippen LogP contribution is -1.96. The standard InChI is InChI=1S/C13H12Cl2O/c1-9-5-6-16-13(9)12(15)8-10-3-2-4-11(14)7-10/h2-7,12H,8H2,1H3. The first-order valence-corrected chi connectivity index (χ1v) is 5.91. The third-order valence-electron chi connectivity index (χ3n) is 2.49. The minimum atomic E-state index is -0.145. The molecule has 2 rings (SSSR count). The SMILES string of the molecule is Cc1ccoc1C(Cl)Cc1cccc(Cl)c1. The Morgan fingerprint density at radius 3 is 2.75 bits per heavy atom. The maximum absolute atomic E-state index is 6.30. The summed E-state index contributed by atoms with van der Waals surface area (Å²) >= 11 is 12.2. The molecule has 0 aliphatic rings. The summed E-state index contributed by atoms with van der Waals surface area (Å²) in [4.78, 5) is 0. The van der Waals surface area contributed by atoms with Crippen LogP contribution >= 0.6 is 23.2 Å². The molecule has 1 nitrogen and oxygen atoms in total. The molecule has 0 fully saturated rings. The zero-order valence-corrected chi connectivity index (χ0v) is 10.4. The number of hydrogen-bond donors (Lipinski definition) is 0. The molecule has 1 aromatic heterocycles. The van der Waals surface area contributed by atoms with E-state index in [-0.39, 0.29) is 5.38 Å². The second kappa shape index (κ2) is 4.94. The molecule has 3 heteroatoms. The van der Waals surface area contributed by atoms with Crippen molar-refractivity contribution in [3.8, 4) is 0 Å². The molecule has 0 N–H and O–H groups in total. The molecule has 1 aromatic carbocycles. The number of aryl methyl sites for hydroxylation is 1. The van der Waals surface area contributed by atoms with Crippen LogP contribution in [0.2, 0.25) is 5.02 Å². The van der Waals surface area contributed by atoms with E-state index in [1.54, 1.807) is 6.26 Å². The second-order valence-corrected chi connectivity index (χ2v) is 4.73. The van der Waals surface area contributed by atoms with Gasteiger partial charge in [0.1, 0.15) is 5.76 Å². The van der Waals surface area contributed by atoms with Gasteiger partial charge >= 0.3 is 0 Å². The van der Waals surface area contributed by atoms with Gasteiger partial charge in [-0.05, 0) is 42.7 Å². The lowest BCUT2D eigenvalue weighted by Gasteiger charge is -2.08. The van der Waals surface area contributed by atoms with Gasteiger partial charge in [-0.25, -0.2) is 0 Å². The molecule has 0 amide bonds. The highest BCUT2D eigenvalue weighted by Crippen LogP contribution is 2.28. The van der Waals surface area contributed by atoms with Crippen molar-refractivity contribution in [2.24, 2.45) is 0 Å². The van der Waals surface area contributed by atoms with Gasteiger partial charge in [-0.1, -0.05) is 23.7 Å². The predicted molar refractivity (Wildman–Crippen MR) is 67.2 cm³/mol. The van der Waals surface area contributed by atoms with Crippen LogP contribution in [0, 0.1) is 6.92 Å². The Morgan fingerprint density at radius 2 is 2.12 bits per heavy atom. The van der Waals surface area contributed by atoms with Crippen molar-refractivity contribution in [1.82, 2.24) is 0 Å². The van der Waals surface area contributed by atoms with E-state index in [9.17, 15) is 0 Å². The lowest BCUT2D eigenvalue weighted by atomic mass is 10.1. The topological polar surface area (TPSA) is 13.1 Å². The summed E-state index contributed by atoms with van der Waals surface area (Å²) in [6, 6.07) is 9.64. The first-order chi connectivity index (χ1) is 7.66. The van der Waals surface area contributed by atoms with E-state index in [4.69, 9.17) is 27.6 Å². The fourth-order valence-electron chi connectivity index (χ4n) is 1.67. The van der Waals surface area contributed by atoms with Gasteiger partial charge in [0, 0.05) is 5.02 Å². The van der Waals surface area contributed by atoms with Crippen molar-refractivity contribution in [3.63, 3.8) is 0 Å². The molecule has 0 saturated carbocycles. The summed E-state index contributed by atoms with van der Waals surface area (Å²) in [5.74, 6) is 0.835. The van der Waals surface area contributed by atoms with Gasteiger partial charge in [-0.2, -0.15) is 0 Å². The van der Waals surface area contributed by atoms with E-state index in [2.05, 4.69) is 0 Å². The molecule has 0 saturated heterocycles. The van der Waals surface area contributed by atoms with Crippen LogP contribution in [0.15, 0.2) is 41.0 Å². The van der Waals surface area contributed by atoms with Crippen molar-refractivity contribution in [1.29, 1.82) is 0 Å². The molecular weight excluding hydrogens is 243 g/mol. The molecule has 1 unspecified atom stereocenters. The van der Waals surface area contributed by atoms with Crippen molar-refractivity contribution in [2.45, 2.75) is 18.7 Å². The summed E-state index contributed by atoms with van der Waals surface area (Å²) in [7, 11) is 0. The third kappa shape index (κ3) is 2.60.